The fourth-order valence-corrected chi connectivity index (χ4v) is 3.00. The van der Waals surface area contributed by atoms with Gasteiger partial charge in [0.2, 0.25) is 5.91 Å². The molecule has 1 saturated carbocycles. The fourth-order valence-electron chi connectivity index (χ4n) is 3.00. The van der Waals surface area contributed by atoms with Gasteiger partial charge in [0, 0.05) is 18.7 Å². The van der Waals surface area contributed by atoms with Gasteiger partial charge in [-0.3, -0.25) is 9.59 Å². The number of halogens is 4. The average Bonchev–Trinajstić information content (AvgIpc) is 3.18. The molecule has 0 heterocycles. The molecule has 30 heavy (non-hydrogen) atoms. The molecule has 1 aromatic carbocycles. The first-order valence-corrected chi connectivity index (χ1v) is 8.78. The molecule has 1 aromatic rings. The minimum atomic E-state index is -5.08. The number of hydrogen-bond acceptors (Lipinski definition) is 4. The van der Waals surface area contributed by atoms with Gasteiger partial charge in [-0.1, -0.05) is 19.9 Å². The number of rotatable bonds is 6. The van der Waals surface area contributed by atoms with Gasteiger partial charge < -0.3 is 20.4 Å². The lowest BCUT2D eigenvalue weighted by atomic mass is 9.95. The highest BCUT2D eigenvalue weighted by Crippen LogP contribution is 2.63. The Hall–Kier alpha value is -2.69. The normalized spacial score (nSPS) is 19.5. The predicted octanol–water partition coefficient (Wildman–Crippen LogP) is 2.64. The number of aliphatic carboxylic acids is 2. The minimum Gasteiger partial charge on any atom is -0.480 e. The van der Waals surface area contributed by atoms with Gasteiger partial charge in [-0.05, 0) is 43.6 Å². The van der Waals surface area contributed by atoms with E-state index in [1.807, 2.05) is 19.0 Å². The third-order valence-electron chi connectivity index (χ3n) is 4.78. The summed E-state index contributed by atoms with van der Waals surface area (Å²) in [5.41, 5.74) is -0.599. The monoisotopic (exact) mass is 436 g/mol. The van der Waals surface area contributed by atoms with Crippen LogP contribution in [-0.4, -0.2) is 53.2 Å². The SMILES string of the molecule is CN(C)Cc1cc(CNC(=O)C2(C(=O)O)CC2(C)C)ccc1F.O=C(O)C(F)(F)F. The number of carboxylic acids is 2. The third-order valence-corrected chi connectivity index (χ3v) is 4.78. The second kappa shape index (κ2) is 8.99. The second-order valence-electron chi connectivity index (χ2n) is 7.92. The molecule has 2 rings (SSSR count). The zero-order valence-electron chi connectivity index (χ0n) is 16.9. The molecule has 168 valence electrons. The van der Waals surface area contributed by atoms with Gasteiger partial charge >= 0.3 is 18.1 Å². The van der Waals surface area contributed by atoms with Crippen molar-refractivity contribution in [3.8, 4) is 0 Å². The van der Waals surface area contributed by atoms with Crippen molar-refractivity contribution in [2.75, 3.05) is 14.1 Å². The number of nitrogens with zero attached hydrogens (tertiary/aromatic N) is 1. The van der Waals surface area contributed by atoms with Crippen LogP contribution in [0, 0.1) is 16.6 Å². The molecule has 1 aliphatic carbocycles. The van der Waals surface area contributed by atoms with Gasteiger partial charge in [-0.15, -0.1) is 0 Å². The van der Waals surface area contributed by atoms with Crippen LogP contribution < -0.4 is 5.32 Å². The Kier molecular flexibility index (Phi) is 7.59. The lowest BCUT2D eigenvalue weighted by Crippen LogP contribution is -2.39. The summed E-state index contributed by atoms with van der Waals surface area (Å²) in [5.74, 6) is -4.62. The predicted molar refractivity (Wildman–Crippen MR) is 97.8 cm³/mol. The summed E-state index contributed by atoms with van der Waals surface area (Å²) in [6.07, 6.45) is -4.75. The van der Waals surface area contributed by atoms with Gasteiger partial charge in [0.1, 0.15) is 5.82 Å². The average molecular weight is 436 g/mol. The smallest absolute Gasteiger partial charge is 0.480 e. The van der Waals surface area contributed by atoms with Gasteiger partial charge in [-0.2, -0.15) is 13.2 Å². The molecule has 1 amide bonds. The molecule has 0 bridgehead atoms. The number of carbonyl (C=O) groups excluding carboxylic acids is 1. The van der Waals surface area contributed by atoms with Crippen molar-refractivity contribution in [2.24, 2.45) is 10.8 Å². The minimum absolute atomic E-state index is 0.185. The van der Waals surface area contributed by atoms with Gasteiger partial charge in [0.15, 0.2) is 5.41 Å². The summed E-state index contributed by atoms with van der Waals surface area (Å²) in [4.78, 5) is 34.5. The lowest BCUT2D eigenvalue weighted by Gasteiger charge is -2.16. The van der Waals surface area contributed by atoms with Crippen LogP contribution in [0.1, 0.15) is 31.4 Å². The molecule has 0 saturated heterocycles. The van der Waals surface area contributed by atoms with Crippen molar-refractivity contribution in [3.05, 3.63) is 35.1 Å². The molecule has 3 N–H and O–H groups in total. The molecular weight excluding hydrogens is 412 g/mol. The standard InChI is InChI=1S/C17H23FN2O3.C2HF3O2/c1-16(2)10-17(16,15(22)23)14(21)19-8-11-5-6-13(18)12(7-11)9-20(3)4;3-2(4,5)1(6)7/h5-7H,8-10H2,1-4H3,(H,19,21)(H,22,23);(H,6,7). The molecule has 11 heteroatoms. The van der Waals surface area contributed by atoms with Crippen LogP contribution in [0.15, 0.2) is 18.2 Å². The highest BCUT2D eigenvalue weighted by molar-refractivity contribution is 6.06. The topological polar surface area (TPSA) is 107 Å². The van der Waals surface area contributed by atoms with E-state index in [1.165, 1.54) is 6.07 Å². The van der Waals surface area contributed by atoms with Crippen molar-refractivity contribution < 1.29 is 42.2 Å². The van der Waals surface area contributed by atoms with Crippen LogP contribution in [0.4, 0.5) is 17.6 Å². The molecule has 0 aromatic heterocycles. The largest absolute Gasteiger partial charge is 0.490 e. The molecule has 0 radical (unpaired) electrons. The third kappa shape index (κ3) is 5.91. The first-order chi connectivity index (χ1) is 13.5. The Morgan fingerprint density at radius 2 is 1.67 bits per heavy atom. The molecule has 0 spiro atoms. The van der Waals surface area contributed by atoms with E-state index in [0.29, 0.717) is 18.5 Å². The van der Waals surface area contributed by atoms with Crippen molar-refractivity contribution in [1.82, 2.24) is 10.2 Å². The number of carbonyl (C=O) groups is 3. The Morgan fingerprint density at radius 1 is 1.17 bits per heavy atom. The van der Waals surface area contributed by atoms with Crippen LogP contribution >= 0.6 is 0 Å². The molecule has 0 aliphatic heterocycles. The van der Waals surface area contributed by atoms with E-state index in [1.54, 1.807) is 26.0 Å². The van der Waals surface area contributed by atoms with E-state index in [4.69, 9.17) is 9.90 Å². The van der Waals surface area contributed by atoms with E-state index in [9.17, 15) is 32.3 Å². The molecule has 1 aliphatic rings. The summed E-state index contributed by atoms with van der Waals surface area (Å²) in [6.45, 7) is 4.19. The lowest BCUT2D eigenvalue weighted by molar-refractivity contribution is -0.192. The second-order valence-corrected chi connectivity index (χ2v) is 7.92. The van der Waals surface area contributed by atoms with Crippen molar-refractivity contribution >= 4 is 17.8 Å². The summed E-state index contributed by atoms with van der Waals surface area (Å²) < 4.78 is 45.5. The number of amides is 1. The van der Waals surface area contributed by atoms with Crippen molar-refractivity contribution in [1.29, 1.82) is 0 Å². The molecule has 1 unspecified atom stereocenters. The molecule has 1 fully saturated rings. The van der Waals surface area contributed by atoms with E-state index in [0.717, 1.165) is 5.56 Å². The van der Waals surface area contributed by atoms with Crippen LogP contribution in [0.25, 0.3) is 0 Å². The molecule has 7 nitrogen and oxygen atoms in total. The summed E-state index contributed by atoms with van der Waals surface area (Å²) in [6, 6.07) is 4.66. The van der Waals surface area contributed by atoms with Crippen LogP contribution in [0.3, 0.4) is 0 Å². The van der Waals surface area contributed by atoms with Crippen LogP contribution in [0.2, 0.25) is 0 Å². The Bertz CT molecular complexity index is 824. The first-order valence-electron chi connectivity index (χ1n) is 8.78. The van der Waals surface area contributed by atoms with E-state index < -0.39 is 34.9 Å². The van der Waals surface area contributed by atoms with Crippen molar-refractivity contribution in [3.63, 3.8) is 0 Å². The summed E-state index contributed by atoms with van der Waals surface area (Å²) in [7, 11) is 3.69. The Morgan fingerprint density at radius 3 is 2.03 bits per heavy atom. The van der Waals surface area contributed by atoms with E-state index in [2.05, 4.69) is 5.32 Å². The zero-order valence-corrected chi connectivity index (χ0v) is 16.9. The highest BCUT2D eigenvalue weighted by Gasteiger charge is 2.71. The summed E-state index contributed by atoms with van der Waals surface area (Å²) >= 11 is 0. The van der Waals surface area contributed by atoms with Crippen LogP contribution in [0.5, 0.6) is 0 Å². The van der Waals surface area contributed by atoms with Gasteiger partial charge in [-0.25, -0.2) is 9.18 Å². The first kappa shape index (κ1) is 25.3. The number of nitrogens with one attached hydrogen (secondary N) is 1. The van der Waals surface area contributed by atoms with E-state index >= 15 is 0 Å². The van der Waals surface area contributed by atoms with Gasteiger partial charge in [0.25, 0.3) is 0 Å². The van der Waals surface area contributed by atoms with Crippen molar-refractivity contribution in [2.45, 2.75) is 39.5 Å². The Balaban J connectivity index is 0.000000553. The number of benzene rings is 1. The van der Waals surface area contributed by atoms with E-state index in [-0.39, 0.29) is 12.4 Å². The summed E-state index contributed by atoms with van der Waals surface area (Å²) in [5, 5.41) is 19.2. The fraction of sp³-hybridized carbons (Fsp3) is 0.526. The number of alkyl halides is 3. The van der Waals surface area contributed by atoms with Gasteiger partial charge in [0.05, 0.1) is 0 Å². The zero-order chi connectivity index (χ0) is 23.5. The number of hydrogen-bond donors (Lipinski definition) is 3. The Labute approximate surface area is 170 Å². The highest BCUT2D eigenvalue weighted by atomic mass is 19.4. The maximum absolute atomic E-state index is 13.7. The molecular formula is C19H24F4N2O5. The van der Waals surface area contributed by atoms with Crippen LogP contribution in [-0.2, 0) is 27.5 Å². The molecule has 1 atom stereocenters. The maximum Gasteiger partial charge on any atom is 0.490 e. The maximum atomic E-state index is 13.7. The quantitative estimate of drug-likeness (QED) is 0.468. The number of carboxylic acid groups (broad SMARTS) is 2.